The molecule has 0 bridgehead atoms. The smallest absolute Gasteiger partial charge is 0.0931 e. The Hall–Kier alpha value is -1.16. The number of hydrogen-bond donors (Lipinski definition) is 1. The summed E-state index contributed by atoms with van der Waals surface area (Å²) in [7, 11) is -0.871. The number of aromatic nitrogens is 2. The normalized spacial score (nSPS) is 13.2. The zero-order valence-corrected chi connectivity index (χ0v) is 8.80. The molecule has 0 saturated heterocycles. The molecule has 1 N–H and O–H groups in total. The van der Waals surface area contributed by atoms with Crippen LogP contribution in [-0.2, 0) is 10.8 Å². The zero-order chi connectivity index (χ0) is 9.97. The molecule has 4 heteroatoms. The largest absolute Gasteiger partial charge is 0.345 e. The van der Waals surface area contributed by atoms with E-state index in [0.717, 1.165) is 28.1 Å². The molecule has 0 aliphatic carbocycles. The highest BCUT2D eigenvalue weighted by Crippen LogP contribution is 2.14. The van der Waals surface area contributed by atoms with E-state index in [1.807, 2.05) is 25.1 Å². The number of aromatic amines is 1. The van der Waals surface area contributed by atoms with Crippen LogP contribution in [0, 0.1) is 0 Å². The van der Waals surface area contributed by atoms with Crippen LogP contribution in [0.25, 0.3) is 11.0 Å². The molecule has 1 heterocycles. The van der Waals surface area contributed by atoms with E-state index in [2.05, 4.69) is 9.97 Å². The van der Waals surface area contributed by atoms with Gasteiger partial charge in [0.15, 0.2) is 0 Å². The minimum atomic E-state index is -0.871. The number of nitrogens with zero attached hydrogens (tertiary/aromatic N) is 1. The summed E-state index contributed by atoms with van der Waals surface area (Å²) in [5, 5.41) is 0. The van der Waals surface area contributed by atoms with E-state index in [1.165, 1.54) is 0 Å². The number of imidazole rings is 1. The van der Waals surface area contributed by atoms with Crippen molar-refractivity contribution in [2.75, 3.05) is 5.75 Å². The fraction of sp³-hybridized carbons (Fsp3) is 0.300. The lowest BCUT2D eigenvalue weighted by molar-refractivity contribution is 0.682. The highest BCUT2D eigenvalue weighted by molar-refractivity contribution is 7.85. The van der Waals surface area contributed by atoms with Crippen molar-refractivity contribution < 1.29 is 4.21 Å². The fourth-order valence-electron chi connectivity index (χ4n) is 1.36. The topological polar surface area (TPSA) is 45.8 Å². The lowest BCUT2D eigenvalue weighted by atomic mass is 10.3. The van der Waals surface area contributed by atoms with Crippen molar-refractivity contribution in [3.63, 3.8) is 0 Å². The number of nitrogens with one attached hydrogen (secondary N) is 1. The summed E-state index contributed by atoms with van der Waals surface area (Å²) >= 11 is 0. The number of rotatable bonds is 3. The third-order valence-corrected chi connectivity index (χ3v) is 3.60. The SMILES string of the molecule is CCCS(=O)c1ccc2nc[nH]c2c1. The molecule has 0 aliphatic heterocycles. The summed E-state index contributed by atoms with van der Waals surface area (Å²) in [6.07, 6.45) is 2.59. The van der Waals surface area contributed by atoms with Crippen LogP contribution < -0.4 is 0 Å². The molecular weight excluding hydrogens is 196 g/mol. The second-order valence-electron chi connectivity index (χ2n) is 3.13. The van der Waals surface area contributed by atoms with Crippen molar-refractivity contribution in [3.05, 3.63) is 24.5 Å². The average Bonchev–Trinajstić information content (AvgIpc) is 2.64. The summed E-state index contributed by atoms with van der Waals surface area (Å²) in [5.41, 5.74) is 1.87. The van der Waals surface area contributed by atoms with E-state index < -0.39 is 10.8 Å². The minimum Gasteiger partial charge on any atom is -0.345 e. The van der Waals surface area contributed by atoms with Crippen LogP contribution >= 0.6 is 0 Å². The molecular formula is C10H12N2OS. The van der Waals surface area contributed by atoms with Crippen LogP contribution in [0.1, 0.15) is 13.3 Å². The van der Waals surface area contributed by atoms with E-state index in [9.17, 15) is 4.21 Å². The lowest BCUT2D eigenvalue weighted by Crippen LogP contribution is -1.96. The molecule has 0 saturated carbocycles. The molecule has 2 rings (SSSR count). The first-order valence-corrected chi connectivity index (χ1v) is 5.94. The summed E-state index contributed by atoms with van der Waals surface area (Å²) in [4.78, 5) is 8.00. The van der Waals surface area contributed by atoms with Gasteiger partial charge < -0.3 is 4.98 Å². The van der Waals surface area contributed by atoms with Crippen LogP contribution in [0.15, 0.2) is 29.4 Å². The van der Waals surface area contributed by atoms with E-state index in [-0.39, 0.29) is 0 Å². The maximum absolute atomic E-state index is 11.7. The minimum absolute atomic E-state index is 0.722. The van der Waals surface area contributed by atoms with Gasteiger partial charge in [0.25, 0.3) is 0 Å². The fourth-order valence-corrected chi connectivity index (χ4v) is 2.44. The van der Waals surface area contributed by atoms with Gasteiger partial charge in [-0.1, -0.05) is 6.92 Å². The Morgan fingerprint density at radius 1 is 1.50 bits per heavy atom. The van der Waals surface area contributed by atoms with Gasteiger partial charge in [0.1, 0.15) is 0 Å². The Bertz CT molecular complexity index is 464. The molecule has 2 aromatic rings. The second kappa shape index (κ2) is 3.92. The molecule has 14 heavy (non-hydrogen) atoms. The number of H-pyrrole nitrogens is 1. The highest BCUT2D eigenvalue weighted by Gasteiger charge is 2.04. The van der Waals surface area contributed by atoms with Crippen molar-refractivity contribution >= 4 is 21.8 Å². The van der Waals surface area contributed by atoms with Gasteiger partial charge in [0, 0.05) is 10.6 Å². The predicted molar refractivity (Wildman–Crippen MR) is 57.7 cm³/mol. The molecule has 74 valence electrons. The average molecular weight is 208 g/mol. The number of benzene rings is 1. The quantitative estimate of drug-likeness (QED) is 0.839. The highest BCUT2D eigenvalue weighted by atomic mass is 32.2. The zero-order valence-electron chi connectivity index (χ0n) is 7.99. The van der Waals surface area contributed by atoms with Crippen molar-refractivity contribution in [1.82, 2.24) is 9.97 Å². The van der Waals surface area contributed by atoms with Gasteiger partial charge in [-0.05, 0) is 24.6 Å². The summed E-state index contributed by atoms with van der Waals surface area (Å²) in [6.45, 7) is 2.03. The molecule has 1 aromatic heterocycles. The van der Waals surface area contributed by atoms with E-state index in [1.54, 1.807) is 6.33 Å². The first-order valence-electron chi connectivity index (χ1n) is 4.63. The monoisotopic (exact) mass is 208 g/mol. The predicted octanol–water partition coefficient (Wildman–Crippen LogP) is 2.08. The molecule has 1 atom stereocenters. The molecule has 1 aromatic carbocycles. The molecule has 0 amide bonds. The van der Waals surface area contributed by atoms with Crippen LogP contribution in [-0.4, -0.2) is 19.9 Å². The van der Waals surface area contributed by atoms with Gasteiger partial charge in [-0.25, -0.2) is 4.98 Å². The van der Waals surface area contributed by atoms with Gasteiger partial charge in [-0.15, -0.1) is 0 Å². The standard InChI is InChI=1S/C10H12N2OS/c1-2-5-14(13)8-3-4-9-10(6-8)12-7-11-9/h3-4,6-7H,2,5H2,1H3,(H,11,12). The van der Waals surface area contributed by atoms with E-state index in [0.29, 0.717) is 0 Å². The second-order valence-corrected chi connectivity index (χ2v) is 4.70. The van der Waals surface area contributed by atoms with E-state index >= 15 is 0 Å². The van der Waals surface area contributed by atoms with Crippen molar-refractivity contribution in [3.8, 4) is 0 Å². The molecule has 3 nitrogen and oxygen atoms in total. The van der Waals surface area contributed by atoms with Crippen molar-refractivity contribution in [1.29, 1.82) is 0 Å². The maximum Gasteiger partial charge on any atom is 0.0931 e. The third-order valence-electron chi connectivity index (χ3n) is 2.04. The van der Waals surface area contributed by atoms with E-state index in [4.69, 9.17) is 0 Å². The molecule has 0 radical (unpaired) electrons. The van der Waals surface area contributed by atoms with Gasteiger partial charge in [-0.2, -0.15) is 0 Å². The Balaban J connectivity index is 2.38. The summed E-state index contributed by atoms with van der Waals surface area (Å²) in [5.74, 6) is 0.722. The van der Waals surface area contributed by atoms with Gasteiger partial charge in [0.2, 0.25) is 0 Å². The van der Waals surface area contributed by atoms with Crippen LogP contribution in [0.4, 0.5) is 0 Å². The van der Waals surface area contributed by atoms with Gasteiger partial charge in [0.05, 0.1) is 28.2 Å². The maximum atomic E-state index is 11.7. The number of fused-ring (bicyclic) bond motifs is 1. The third kappa shape index (κ3) is 1.70. The molecule has 0 aliphatic rings. The van der Waals surface area contributed by atoms with Crippen LogP contribution in [0.5, 0.6) is 0 Å². The molecule has 0 spiro atoms. The Labute approximate surface area is 85.0 Å². The first kappa shape index (κ1) is 9.40. The molecule has 0 fully saturated rings. The Morgan fingerprint density at radius 2 is 2.36 bits per heavy atom. The Morgan fingerprint density at radius 3 is 3.14 bits per heavy atom. The number of hydrogen-bond acceptors (Lipinski definition) is 2. The Kier molecular flexibility index (Phi) is 2.63. The van der Waals surface area contributed by atoms with Gasteiger partial charge in [-0.3, -0.25) is 4.21 Å². The van der Waals surface area contributed by atoms with Crippen molar-refractivity contribution in [2.24, 2.45) is 0 Å². The summed E-state index contributed by atoms with van der Waals surface area (Å²) < 4.78 is 11.7. The van der Waals surface area contributed by atoms with Gasteiger partial charge >= 0.3 is 0 Å². The first-order chi connectivity index (χ1) is 6.81. The van der Waals surface area contributed by atoms with Crippen LogP contribution in [0.2, 0.25) is 0 Å². The molecule has 1 unspecified atom stereocenters. The summed E-state index contributed by atoms with van der Waals surface area (Å²) in [6, 6.07) is 5.69. The lowest BCUT2D eigenvalue weighted by Gasteiger charge is -1.99. The van der Waals surface area contributed by atoms with Crippen LogP contribution in [0.3, 0.4) is 0 Å². The van der Waals surface area contributed by atoms with Crippen molar-refractivity contribution in [2.45, 2.75) is 18.2 Å².